The summed E-state index contributed by atoms with van der Waals surface area (Å²) < 4.78 is 0.796. The molecule has 1 saturated heterocycles. The lowest BCUT2D eigenvalue weighted by Gasteiger charge is -2.32. The fourth-order valence-corrected chi connectivity index (χ4v) is 2.93. The smallest absolute Gasteiger partial charge is 0.257 e. The topological polar surface area (TPSA) is 66.6 Å². The Hall–Kier alpha value is -0.780. The molecule has 1 heterocycles. The lowest BCUT2D eigenvalue weighted by atomic mass is 9.94. The number of hydrogen-bond acceptors (Lipinski definition) is 3. The second-order valence-corrected chi connectivity index (χ2v) is 5.91. The van der Waals surface area contributed by atoms with E-state index in [-0.39, 0.29) is 24.1 Å². The third kappa shape index (κ3) is 4.11. The van der Waals surface area contributed by atoms with E-state index < -0.39 is 0 Å². The van der Waals surface area contributed by atoms with E-state index in [1.807, 2.05) is 4.90 Å². The molecule has 0 bridgehead atoms. The highest BCUT2D eigenvalue weighted by molar-refractivity contribution is 9.10. The minimum absolute atomic E-state index is 0. The van der Waals surface area contributed by atoms with Crippen molar-refractivity contribution in [2.45, 2.75) is 19.3 Å². The van der Waals surface area contributed by atoms with Gasteiger partial charge in [0.25, 0.3) is 5.91 Å². The van der Waals surface area contributed by atoms with E-state index in [0.717, 1.165) is 36.8 Å². The van der Waals surface area contributed by atoms with Gasteiger partial charge < -0.3 is 15.7 Å². The van der Waals surface area contributed by atoms with Gasteiger partial charge in [0.1, 0.15) is 5.75 Å². The lowest BCUT2D eigenvalue weighted by Crippen LogP contribution is -2.40. The molecule has 1 amide bonds. The van der Waals surface area contributed by atoms with Crippen molar-refractivity contribution in [3.63, 3.8) is 0 Å². The molecule has 1 aliphatic rings. The molecular weight excluding hydrogens is 344 g/mol. The van der Waals surface area contributed by atoms with Crippen LogP contribution in [0.5, 0.6) is 5.75 Å². The molecular formula is C14H20BrClN2O2. The Labute approximate surface area is 133 Å². The summed E-state index contributed by atoms with van der Waals surface area (Å²) in [5, 5.41) is 9.82. The highest BCUT2D eigenvalue weighted by Crippen LogP contribution is 2.26. The predicted octanol–water partition coefficient (Wildman–Crippen LogP) is 2.78. The highest BCUT2D eigenvalue weighted by Gasteiger charge is 2.25. The second-order valence-electron chi connectivity index (χ2n) is 5.00. The zero-order valence-corrected chi connectivity index (χ0v) is 13.6. The van der Waals surface area contributed by atoms with Gasteiger partial charge in [-0.15, -0.1) is 12.4 Å². The number of aromatic hydroxyl groups is 1. The van der Waals surface area contributed by atoms with E-state index in [9.17, 15) is 9.90 Å². The van der Waals surface area contributed by atoms with Crippen molar-refractivity contribution in [1.29, 1.82) is 0 Å². The Morgan fingerprint density at radius 2 is 2.25 bits per heavy atom. The second kappa shape index (κ2) is 7.86. The third-order valence-electron chi connectivity index (χ3n) is 3.57. The van der Waals surface area contributed by atoms with E-state index in [2.05, 4.69) is 15.9 Å². The summed E-state index contributed by atoms with van der Waals surface area (Å²) in [4.78, 5) is 14.3. The van der Waals surface area contributed by atoms with Crippen LogP contribution in [0.4, 0.5) is 0 Å². The van der Waals surface area contributed by atoms with Crippen LogP contribution in [-0.2, 0) is 0 Å². The van der Waals surface area contributed by atoms with E-state index in [1.165, 1.54) is 0 Å². The molecule has 1 atom stereocenters. The fraction of sp³-hybridized carbons (Fsp3) is 0.500. The maximum Gasteiger partial charge on any atom is 0.257 e. The molecule has 1 aromatic rings. The Kier molecular flexibility index (Phi) is 6.79. The van der Waals surface area contributed by atoms with Crippen LogP contribution in [0.1, 0.15) is 29.6 Å². The van der Waals surface area contributed by atoms with Crippen molar-refractivity contribution in [2.75, 3.05) is 19.6 Å². The number of carbonyl (C=O) groups excluding carboxylic acids is 1. The first-order chi connectivity index (χ1) is 9.11. The molecule has 1 aliphatic heterocycles. The van der Waals surface area contributed by atoms with Crippen LogP contribution in [0.25, 0.3) is 0 Å². The molecule has 0 aromatic heterocycles. The molecule has 4 nitrogen and oxygen atoms in total. The van der Waals surface area contributed by atoms with Gasteiger partial charge in [0.15, 0.2) is 0 Å². The number of amides is 1. The summed E-state index contributed by atoms with van der Waals surface area (Å²) in [6.07, 6.45) is 3.09. The maximum absolute atomic E-state index is 12.4. The number of phenolic OH excluding ortho intramolecular Hbond substituents is 1. The molecule has 3 N–H and O–H groups in total. The number of rotatable bonds is 3. The average molecular weight is 364 g/mol. The molecule has 0 radical (unpaired) electrons. The number of halogens is 2. The molecule has 6 heteroatoms. The zero-order chi connectivity index (χ0) is 13.8. The SMILES string of the molecule is Cl.NCCC1CCCN(C(=O)c2cc(Br)ccc2O)C1. The van der Waals surface area contributed by atoms with Crippen LogP contribution in [0, 0.1) is 5.92 Å². The Bertz CT molecular complexity index is 468. The fourth-order valence-electron chi connectivity index (χ4n) is 2.57. The van der Waals surface area contributed by atoms with Crippen LogP contribution in [0.15, 0.2) is 22.7 Å². The first-order valence-corrected chi connectivity index (χ1v) is 7.39. The minimum Gasteiger partial charge on any atom is -0.507 e. The van der Waals surface area contributed by atoms with Crippen molar-refractivity contribution in [1.82, 2.24) is 4.90 Å². The minimum atomic E-state index is -0.0967. The summed E-state index contributed by atoms with van der Waals surface area (Å²) in [5.74, 6) is 0.423. The van der Waals surface area contributed by atoms with Crippen molar-refractivity contribution < 1.29 is 9.90 Å². The summed E-state index contributed by atoms with van der Waals surface area (Å²) in [6.45, 7) is 2.16. The summed E-state index contributed by atoms with van der Waals surface area (Å²) >= 11 is 3.33. The summed E-state index contributed by atoms with van der Waals surface area (Å²) in [7, 11) is 0. The number of nitrogens with zero attached hydrogens (tertiary/aromatic N) is 1. The van der Waals surface area contributed by atoms with Gasteiger partial charge in [-0.05, 0) is 49.9 Å². The molecule has 0 saturated carbocycles. The van der Waals surface area contributed by atoms with Crippen molar-refractivity contribution in [3.05, 3.63) is 28.2 Å². The maximum atomic E-state index is 12.4. The first kappa shape index (κ1) is 17.3. The van der Waals surface area contributed by atoms with Crippen LogP contribution in [0.2, 0.25) is 0 Å². The van der Waals surface area contributed by atoms with Crippen LogP contribution < -0.4 is 5.73 Å². The van der Waals surface area contributed by atoms with Gasteiger partial charge in [0.05, 0.1) is 5.56 Å². The predicted molar refractivity (Wildman–Crippen MR) is 85.4 cm³/mol. The van der Waals surface area contributed by atoms with Crippen LogP contribution >= 0.6 is 28.3 Å². The number of likely N-dealkylation sites (tertiary alicyclic amines) is 1. The lowest BCUT2D eigenvalue weighted by molar-refractivity contribution is 0.0666. The van der Waals surface area contributed by atoms with E-state index in [0.29, 0.717) is 18.0 Å². The van der Waals surface area contributed by atoms with Gasteiger partial charge in [0, 0.05) is 17.6 Å². The monoisotopic (exact) mass is 362 g/mol. The van der Waals surface area contributed by atoms with Crippen molar-refractivity contribution >= 4 is 34.2 Å². The Balaban J connectivity index is 0.00000200. The molecule has 112 valence electrons. The van der Waals surface area contributed by atoms with Crippen LogP contribution in [0.3, 0.4) is 0 Å². The van der Waals surface area contributed by atoms with Gasteiger partial charge in [-0.3, -0.25) is 4.79 Å². The zero-order valence-electron chi connectivity index (χ0n) is 11.2. The standard InChI is InChI=1S/C14H19BrN2O2.ClH/c15-11-3-4-13(18)12(8-11)14(19)17-7-1-2-10(9-17)5-6-16;/h3-4,8,10,18H,1-2,5-7,9,16H2;1H. The van der Waals surface area contributed by atoms with E-state index >= 15 is 0 Å². The van der Waals surface area contributed by atoms with Gasteiger partial charge >= 0.3 is 0 Å². The normalized spacial score (nSPS) is 18.5. The van der Waals surface area contributed by atoms with Gasteiger partial charge in [-0.2, -0.15) is 0 Å². The highest BCUT2D eigenvalue weighted by atomic mass is 79.9. The van der Waals surface area contributed by atoms with Gasteiger partial charge in [-0.25, -0.2) is 0 Å². The van der Waals surface area contributed by atoms with Crippen molar-refractivity contribution in [2.24, 2.45) is 11.7 Å². The Morgan fingerprint density at radius 3 is 2.95 bits per heavy atom. The van der Waals surface area contributed by atoms with Crippen LogP contribution in [-0.4, -0.2) is 35.5 Å². The van der Waals surface area contributed by atoms with E-state index in [1.54, 1.807) is 18.2 Å². The summed E-state index contributed by atoms with van der Waals surface area (Å²) in [5.41, 5.74) is 5.95. The molecule has 1 unspecified atom stereocenters. The third-order valence-corrected chi connectivity index (χ3v) is 4.06. The number of benzene rings is 1. The number of nitrogens with two attached hydrogens (primary N) is 1. The summed E-state index contributed by atoms with van der Waals surface area (Å²) in [6, 6.07) is 4.93. The number of hydrogen-bond donors (Lipinski definition) is 2. The number of carbonyl (C=O) groups is 1. The van der Waals surface area contributed by atoms with E-state index in [4.69, 9.17) is 5.73 Å². The van der Waals surface area contributed by atoms with Crippen molar-refractivity contribution in [3.8, 4) is 5.75 Å². The molecule has 0 spiro atoms. The quantitative estimate of drug-likeness (QED) is 0.868. The molecule has 1 aromatic carbocycles. The molecule has 20 heavy (non-hydrogen) atoms. The van der Waals surface area contributed by atoms with Gasteiger partial charge in [0.2, 0.25) is 0 Å². The molecule has 1 fully saturated rings. The average Bonchev–Trinajstić information content (AvgIpc) is 2.41. The Morgan fingerprint density at radius 1 is 1.50 bits per heavy atom. The largest absolute Gasteiger partial charge is 0.507 e. The molecule has 2 rings (SSSR count). The number of phenols is 1. The number of piperidine rings is 1. The molecule has 0 aliphatic carbocycles. The van der Waals surface area contributed by atoms with Gasteiger partial charge in [-0.1, -0.05) is 15.9 Å². The first-order valence-electron chi connectivity index (χ1n) is 6.59.